The van der Waals surface area contributed by atoms with Crippen molar-refractivity contribution in [2.75, 3.05) is 32.9 Å². The van der Waals surface area contributed by atoms with Gasteiger partial charge in [-0.25, -0.2) is 0 Å². The minimum absolute atomic E-state index is 0.203. The van der Waals surface area contributed by atoms with E-state index in [2.05, 4.69) is 24.0 Å². The minimum Gasteiger partial charge on any atom is -0.399 e. The van der Waals surface area contributed by atoms with Crippen LogP contribution in [-0.4, -0.2) is 42.9 Å². The Labute approximate surface area is 122 Å². The third-order valence-electron chi connectivity index (χ3n) is 3.29. The molecule has 0 unspecified atom stereocenters. The van der Waals surface area contributed by atoms with Gasteiger partial charge in [0.25, 0.3) is 0 Å². The second-order valence-corrected chi connectivity index (χ2v) is 5.41. The Morgan fingerprint density at radius 2 is 1.80 bits per heavy atom. The Kier molecular flexibility index (Phi) is 7.09. The van der Waals surface area contributed by atoms with Crippen LogP contribution in [0.1, 0.15) is 31.7 Å². The van der Waals surface area contributed by atoms with Gasteiger partial charge in [0, 0.05) is 32.7 Å². The number of hydrogen-bond donors (Lipinski definition) is 1. The highest BCUT2D eigenvalue weighted by molar-refractivity contribution is 5.75. The van der Waals surface area contributed by atoms with Crippen molar-refractivity contribution in [2.24, 2.45) is 0 Å². The van der Waals surface area contributed by atoms with Crippen LogP contribution in [0, 0.1) is 0 Å². The predicted molar refractivity (Wildman–Crippen MR) is 84.4 cm³/mol. The smallest absolute Gasteiger partial charge is 0.222 e. The Morgan fingerprint density at radius 1 is 1.15 bits per heavy atom. The van der Waals surface area contributed by atoms with Crippen molar-refractivity contribution in [3.8, 4) is 0 Å². The second kappa shape index (κ2) is 8.59. The number of carbonyl (C=O) groups is 1. The molecule has 0 spiro atoms. The third kappa shape index (κ3) is 6.06. The second-order valence-electron chi connectivity index (χ2n) is 5.41. The highest BCUT2D eigenvalue weighted by atomic mass is 16.2. The number of nitrogens with two attached hydrogens (primary N) is 1. The molecule has 0 fully saturated rings. The lowest BCUT2D eigenvalue weighted by molar-refractivity contribution is -0.128. The van der Waals surface area contributed by atoms with Gasteiger partial charge in [-0.2, -0.15) is 0 Å². The lowest BCUT2D eigenvalue weighted by Crippen LogP contribution is -2.27. The highest BCUT2D eigenvalue weighted by Crippen LogP contribution is 2.10. The molecule has 1 aromatic carbocycles. The van der Waals surface area contributed by atoms with E-state index in [-0.39, 0.29) is 5.91 Å². The number of nitrogen functional groups attached to an aromatic ring is 1. The van der Waals surface area contributed by atoms with E-state index in [0.29, 0.717) is 6.42 Å². The predicted octanol–water partition coefficient (Wildman–Crippen LogP) is 2.35. The Morgan fingerprint density at radius 3 is 2.35 bits per heavy atom. The fourth-order valence-corrected chi connectivity index (χ4v) is 2.14. The summed E-state index contributed by atoms with van der Waals surface area (Å²) in [7, 11) is 3.61. The van der Waals surface area contributed by atoms with Crippen molar-refractivity contribution >= 4 is 11.6 Å². The summed E-state index contributed by atoms with van der Waals surface area (Å²) in [4.78, 5) is 15.6. The molecule has 0 saturated carbocycles. The molecule has 0 aliphatic rings. The van der Waals surface area contributed by atoms with E-state index < -0.39 is 0 Å². The maximum absolute atomic E-state index is 11.6. The number of rotatable bonds is 8. The summed E-state index contributed by atoms with van der Waals surface area (Å²) in [5.41, 5.74) is 7.77. The normalized spacial score (nSPS) is 10.8. The van der Waals surface area contributed by atoms with Crippen LogP contribution in [0.2, 0.25) is 0 Å². The van der Waals surface area contributed by atoms with Crippen LogP contribution in [0.3, 0.4) is 0 Å². The van der Waals surface area contributed by atoms with E-state index in [1.54, 1.807) is 19.0 Å². The lowest BCUT2D eigenvalue weighted by atomic mass is 10.1. The number of nitrogens with zero attached hydrogens (tertiary/aromatic N) is 2. The van der Waals surface area contributed by atoms with Crippen LogP contribution in [-0.2, 0) is 11.3 Å². The fourth-order valence-electron chi connectivity index (χ4n) is 2.14. The van der Waals surface area contributed by atoms with Gasteiger partial charge >= 0.3 is 0 Å². The first-order chi connectivity index (χ1) is 9.52. The van der Waals surface area contributed by atoms with Gasteiger partial charge in [0.1, 0.15) is 0 Å². The molecule has 0 heterocycles. The van der Waals surface area contributed by atoms with Crippen molar-refractivity contribution in [3.05, 3.63) is 29.8 Å². The maximum Gasteiger partial charge on any atom is 0.222 e. The fraction of sp³-hybridized carbons (Fsp3) is 0.562. The Hall–Kier alpha value is -1.55. The summed E-state index contributed by atoms with van der Waals surface area (Å²) < 4.78 is 0. The molecule has 4 heteroatoms. The van der Waals surface area contributed by atoms with Gasteiger partial charge in [0.05, 0.1) is 0 Å². The molecule has 0 saturated heterocycles. The molecule has 1 aromatic rings. The third-order valence-corrected chi connectivity index (χ3v) is 3.29. The van der Waals surface area contributed by atoms with Crippen LogP contribution >= 0.6 is 0 Å². The minimum atomic E-state index is 0.203. The average Bonchev–Trinajstić information content (AvgIpc) is 2.41. The van der Waals surface area contributed by atoms with Crippen molar-refractivity contribution in [1.29, 1.82) is 0 Å². The average molecular weight is 277 g/mol. The molecular formula is C16H27N3O. The molecule has 4 nitrogen and oxygen atoms in total. The summed E-state index contributed by atoms with van der Waals surface area (Å²) in [6.07, 6.45) is 2.65. The molecule has 0 atom stereocenters. The summed E-state index contributed by atoms with van der Waals surface area (Å²) in [6.45, 7) is 5.11. The molecule has 20 heavy (non-hydrogen) atoms. The van der Waals surface area contributed by atoms with Crippen LogP contribution < -0.4 is 5.73 Å². The van der Waals surface area contributed by atoms with Crippen molar-refractivity contribution < 1.29 is 4.79 Å². The largest absolute Gasteiger partial charge is 0.399 e. The van der Waals surface area contributed by atoms with E-state index in [1.807, 2.05) is 12.1 Å². The standard InChI is InChI=1S/C16H27N3O/c1-4-11-19(12-5-6-16(20)18(2)3)13-14-7-9-15(17)10-8-14/h7-10H,4-6,11-13,17H2,1-3H3. The number of amides is 1. The van der Waals surface area contributed by atoms with Gasteiger partial charge in [-0.3, -0.25) is 9.69 Å². The zero-order valence-electron chi connectivity index (χ0n) is 12.9. The van der Waals surface area contributed by atoms with Gasteiger partial charge in [-0.05, 0) is 43.6 Å². The molecule has 0 bridgehead atoms. The first-order valence-corrected chi connectivity index (χ1v) is 7.30. The van der Waals surface area contributed by atoms with E-state index in [9.17, 15) is 4.79 Å². The molecule has 1 rings (SSSR count). The van der Waals surface area contributed by atoms with Crippen LogP contribution in [0.5, 0.6) is 0 Å². The summed E-state index contributed by atoms with van der Waals surface area (Å²) in [5, 5.41) is 0. The monoisotopic (exact) mass is 277 g/mol. The summed E-state index contributed by atoms with van der Waals surface area (Å²) in [5.74, 6) is 0.203. The van der Waals surface area contributed by atoms with E-state index in [1.165, 1.54) is 5.56 Å². The molecule has 1 amide bonds. The lowest BCUT2D eigenvalue weighted by Gasteiger charge is -2.22. The van der Waals surface area contributed by atoms with Gasteiger partial charge < -0.3 is 10.6 Å². The summed E-state index contributed by atoms with van der Waals surface area (Å²) in [6, 6.07) is 8.02. The molecule has 0 aromatic heterocycles. The van der Waals surface area contributed by atoms with Crippen molar-refractivity contribution in [1.82, 2.24) is 9.80 Å². The number of hydrogen-bond acceptors (Lipinski definition) is 3. The molecule has 112 valence electrons. The molecular weight excluding hydrogens is 250 g/mol. The van der Waals surface area contributed by atoms with E-state index in [0.717, 1.165) is 38.2 Å². The van der Waals surface area contributed by atoms with Crippen molar-refractivity contribution in [2.45, 2.75) is 32.7 Å². The number of carbonyl (C=O) groups excluding carboxylic acids is 1. The van der Waals surface area contributed by atoms with Gasteiger partial charge in [0.15, 0.2) is 0 Å². The Balaban J connectivity index is 2.43. The maximum atomic E-state index is 11.6. The zero-order valence-corrected chi connectivity index (χ0v) is 12.9. The van der Waals surface area contributed by atoms with Crippen LogP contribution in [0.4, 0.5) is 5.69 Å². The molecule has 2 N–H and O–H groups in total. The van der Waals surface area contributed by atoms with Gasteiger partial charge in [0.2, 0.25) is 5.91 Å². The number of anilines is 1. The van der Waals surface area contributed by atoms with Crippen molar-refractivity contribution in [3.63, 3.8) is 0 Å². The topological polar surface area (TPSA) is 49.6 Å². The molecule has 0 radical (unpaired) electrons. The first-order valence-electron chi connectivity index (χ1n) is 7.30. The van der Waals surface area contributed by atoms with E-state index in [4.69, 9.17) is 5.73 Å². The molecule has 0 aliphatic heterocycles. The Bertz CT molecular complexity index is 401. The summed E-state index contributed by atoms with van der Waals surface area (Å²) >= 11 is 0. The van der Waals surface area contributed by atoms with Gasteiger partial charge in [-0.1, -0.05) is 19.1 Å². The molecule has 0 aliphatic carbocycles. The van der Waals surface area contributed by atoms with E-state index >= 15 is 0 Å². The SMILES string of the molecule is CCCN(CCCC(=O)N(C)C)Cc1ccc(N)cc1. The quantitative estimate of drug-likeness (QED) is 0.742. The first kappa shape index (κ1) is 16.5. The van der Waals surface area contributed by atoms with Crippen LogP contribution in [0.25, 0.3) is 0 Å². The van der Waals surface area contributed by atoms with Crippen LogP contribution in [0.15, 0.2) is 24.3 Å². The zero-order chi connectivity index (χ0) is 15.0. The highest BCUT2D eigenvalue weighted by Gasteiger charge is 2.08. The van der Waals surface area contributed by atoms with Gasteiger partial charge in [-0.15, -0.1) is 0 Å². The number of benzene rings is 1.